The molecule has 0 aliphatic rings. The van der Waals surface area contributed by atoms with Crippen LogP contribution in [0.1, 0.15) is 11.1 Å². The monoisotopic (exact) mass is 485 g/mol. The normalized spacial score (nSPS) is 11.2. The first-order valence-corrected chi connectivity index (χ1v) is 11.0. The van der Waals surface area contributed by atoms with Gasteiger partial charge in [-0.3, -0.25) is 0 Å². The van der Waals surface area contributed by atoms with E-state index in [4.69, 9.17) is 0 Å². The fraction of sp³-hybridized carbons (Fsp3) is 0.0909. The van der Waals surface area contributed by atoms with Crippen molar-refractivity contribution in [3.8, 4) is 0 Å². The highest BCUT2D eigenvalue weighted by molar-refractivity contribution is 9.10. The van der Waals surface area contributed by atoms with Crippen molar-refractivity contribution in [3.05, 3.63) is 99.1 Å². The van der Waals surface area contributed by atoms with Crippen LogP contribution in [0, 0.1) is 0 Å². The second kappa shape index (κ2) is 8.03. The van der Waals surface area contributed by atoms with Gasteiger partial charge in [0.1, 0.15) is 0 Å². The van der Waals surface area contributed by atoms with Crippen molar-refractivity contribution in [2.45, 2.75) is 17.2 Å². The summed E-state index contributed by atoms with van der Waals surface area (Å²) in [4.78, 5) is 1.33. The summed E-state index contributed by atoms with van der Waals surface area (Å²) in [5.74, 6) is 0.972. The van der Waals surface area contributed by atoms with Gasteiger partial charge in [0.2, 0.25) is 0 Å². The van der Waals surface area contributed by atoms with E-state index in [2.05, 4.69) is 115 Å². The SMILES string of the molecule is Brc1ccc(CSc2cn(Cc3ccc(Br)cc3)c3ccccc23)cc1. The van der Waals surface area contributed by atoms with Gasteiger partial charge in [0.15, 0.2) is 0 Å². The zero-order chi connectivity index (χ0) is 17.9. The summed E-state index contributed by atoms with van der Waals surface area (Å²) in [6.07, 6.45) is 2.29. The highest BCUT2D eigenvalue weighted by atomic mass is 79.9. The molecule has 3 aromatic carbocycles. The highest BCUT2D eigenvalue weighted by Gasteiger charge is 2.09. The molecule has 0 aliphatic heterocycles. The number of halogens is 2. The van der Waals surface area contributed by atoms with Crippen LogP contribution >= 0.6 is 43.6 Å². The molecule has 4 aromatic rings. The minimum absolute atomic E-state index is 0.882. The van der Waals surface area contributed by atoms with Gasteiger partial charge in [0.25, 0.3) is 0 Å². The van der Waals surface area contributed by atoms with Crippen LogP contribution in [0.2, 0.25) is 0 Å². The molecular weight excluding hydrogens is 470 g/mol. The minimum atomic E-state index is 0.882. The average Bonchev–Trinajstić information content (AvgIpc) is 3.01. The number of benzene rings is 3. The largest absolute Gasteiger partial charge is 0.342 e. The number of nitrogens with zero attached hydrogens (tertiary/aromatic N) is 1. The van der Waals surface area contributed by atoms with Crippen molar-refractivity contribution in [3.63, 3.8) is 0 Å². The third-order valence-corrected chi connectivity index (χ3v) is 6.50. The Hall–Kier alpha value is -1.49. The highest BCUT2D eigenvalue weighted by Crippen LogP contribution is 2.32. The Bertz CT molecular complexity index is 1020. The Labute approximate surface area is 174 Å². The van der Waals surface area contributed by atoms with Crippen LogP contribution in [0.4, 0.5) is 0 Å². The summed E-state index contributed by atoms with van der Waals surface area (Å²) >= 11 is 8.91. The molecule has 0 radical (unpaired) electrons. The lowest BCUT2D eigenvalue weighted by Crippen LogP contribution is -1.97. The van der Waals surface area contributed by atoms with Crippen molar-refractivity contribution >= 4 is 54.5 Å². The van der Waals surface area contributed by atoms with Gasteiger partial charge in [-0.15, -0.1) is 11.8 Å². The molecule has 130 valence electrons. The maximum Gasteiger partial charge on any atom is 0.0495 e. The summed E-state index contributed by atoms with van der Waals surface area (Å²) in [6.45, 7) is 0.882. The molecule has 0 aliphatic carbocycles. The summed E-state index contributed by atoms with van der Waals surface area (Å²) in [7, 11) is 0. The molecule has 0 N–H and O–H groups in total. The lowest BCUT2D eigenvalue weighted by Gasteiger charge is -2.05. The summed E-state index contributed by atoms with van der Waals surface area (Å²) < 4.78 is 4.59. The van der Waals surface area contributed by atoms with Gasteiger partial charge in [0.05, 0.1) is 0 Å². The molecular formula is C22H17Br2NS. The minimum Gasteiger partial charge on any atom is -0.342 e. The van der Waals surface area contributed by atoms with Gasteiger partial charge in [-0.25, -0.2) is 0 Å². The number of rotatable bonds is 5. The number of hydrogen-bond acceptors (Lipinski definition) is 1. The first-order valence-electron chi connectivity index (χ1n) is 8.38. The topological polar surface area (TPSA) is 4.93 Å². The Morgan fingerprint density at radius 1 is 0.731 bits per heavy atom. The third-order valence-electron chi connectivity index (χ3n) is 4.33. The molecule has 1 nitrogen and oxygen atoms in total. The first kappa shape index (κ1) is 17.9. The predicted octanol–water partition coefficient (Wildman–Crippen LogP) is 7.51. The van der Waals surface area contributed by atoms with Crippen LogP contribution < -0.4 is 0 Å². The quantitative estimate of drug-likeness (QED) is 0.264. The second-order valence-corrected chi connectivity index (χ2v) is 9.03. The number of aromatic nitrogens is 1. The first-order chi connectivity index (χ1) is 12.7. The smallest absolute Gasteiger partial charge is 0.0495 e. The maximum absolute atomic E-state index is 3.51. The number of para-hydroxylation sites is 1. The van der Waals surface area contributed by atoms with E-state index >= 15 is 0 Å². The second-order valence-electron chi connectivity index (χ2n) is 6.18. The zero-order valence-corrected chi connectivity index (χ0v) is 18.0. The van der Waals surface area contributed by atoms with E-state index in [0.29, 0.717) is 0 Å². The van der Waals surface area contributed by atoms with Crippen molar-refractivity contribution in [2.75, 3.05) is 0 Å². The predicted molar refractivity (Wildman–Crippen MR) is 119 cm³/mol. The average molecular weight is 487 g/mol. The molecule has 0 bridgehead atoms. The Kier molecular flexibility index (Phi) is 5.53. The van der Waals surface area contributed by atoms with Crippen molar-refractivity contribution < 1.29 is 0 Å². The van der Waals surface area contributed by atoms with Gasteiger partial charge in [-0.05, 0) is 41.5 Å². The Balaban J connectivity index is 1.60. The van der Waals surface area contributed by atoms with E-state index in [-0.39, 0.29) is 0 Å². The van der Waals surface area contributed by atoms with Crippen molar-refractivity contribution in [1.29, 1.82) is 0 Å². The standard InChI is InChI=1S/C22H17Br2NS/c23-18-9-5-16(6-10-18)13-25-14-22(20-3-1-2-4-21(20)25)26-15-17-7-11-19(24)12-8-17/h1-12,14H,13,15H2. The van der Waals surface area contributed by atoms with Crippen LogP contribution in [0.15, 0.2) is 92.8 Å². The number of fused-ring (bicyclic) bond motifs is 1. The summed E-state index contributed by atoms with van der Waals surface area (Å²) in [6, 6.07) is 25.8. The molecule has 0 saturated carbocycles. The van der Waals surface area contributed by atoms with Crippen molar-refractivity contribution in [1.82, 2.24) is 4.57 Å². The van der Waals surface area contributed by atoms with Crippen LogP contribution in [-0.4, -0.2) is 4.57 Å². The van der Waals surface area contributed by atoms with Crippen LogP contribution in [-0.2, 0) is 12.3 Å². The molecule has 1 heterocycles. The molecule has 0 saturated heterocycles. The molecule has 0 amide bonds. The van der Waals surface area contributed by atoms with E-state index in [1.165, 1.54) is 26.9 Å². The zero-order valence-electron chi connectivity index (χ0n) is 14.0. The lowest BCUT2D eigenvalue weighted by atomic mass is 10.2. The van der Waals surface area contributed by atoms with Gasteiger partial charge in [-0.2, -0.15) is 0 Å². The molecule has 0 atom stereocenters. The van der Waals surface area contributed by atoms with E-state index in [0.717, 1.165) is 21.2 Å². The van der Waals surface area contributed by atoms with Crippen molar-refractivity contribution in [2.24, 2.45) is 0 Å². The van der Waals surface area contributed by atoms with E-state index in [9.17, 15) is 0 Å². The summed E-state index contributed by atoms with van der Waals surface area (Å²) in [5.41, 5.74) is 3.93. The van der Waals surface area contributed by atoms with Gasteiger partial charge in [0, 0.05) is 43.2 Å². The lowest BCUT2D eigenvalue weighted by molar-refractivity contribution is 0.830. The molecule has 26 heavy (non-hydrogen) atoms. The van der Waals surface area contributed by atoms with Crippen LogP contribution in [0.5, 0.6) is 0 Å². The van der Waals surface area contributed by atoms with Gasteiger partial charge in [-0.1, -0.05) is 74.3 Å². The fourth-order valence-electron chi connectivity index (χ4n) is 2.99. The molecule has 4 rings (SSSR count). The number of hydrogen-bond donors (Lipinski definition) is 0. The molecule has 4 heteroatoms. The molecule has 0 unspecified atom stereocenters. The molecule has 1 aromatic heterocycles. The Morgan fingerprint density at radius 2 is 1.35 bits per heavy atom. The maximum atomic E-state index is 3.51. The molecule has 0 fully saturated rings. The third kappa shape index (κ3) is 4.08. The van der Waals surface area contributed by atoms with Gasteiger partial charge < -0.3 is 4.57 Å². The van der Waals surface area contributed by atoms with E-state index in [1.54, 1.807) is 0 Å². The van der Waals surface area contributed by atoms with E-state index in [1.807, 2.05) is 11.8 Å². The van der Waals surface area contributed by atoms with Gasteiger partial charge >= 0.3 is 0 Å². The van der Waals surface area contributed by atoms with E-state index < -0.39 is 0 Å². The summed E-state index contributed by atoms with van der Waals surface area (Å²) in [5, 5.41) is 1.33. The van der Waals surface area contributed by atoms with Crippen LogP contribution in [0.3, 0.4) is 0 Å². The molecule has 0 spiro atoms. The Morgan fingerprint density at radius 3 is 2.04 bits per heavy atom. The number of thioether (sulfide) groups is 1. The van der Waals surface area contributed by atoms with Crippen LogP contribution in [0.25, 0.3) is 10.9 Å². The fourth-order valence-corrected chi connectivity index (χ4v) is 4.56.